The van der Waals surface area contributed by atoms with Gasteiger partial charge >= 0.3 is 0 Å². The second kappa shape index (κ2) is 4.49. The Morgan fingerprint density at radius 1 is 1.24 bits per heavy atom. The highest BCUT2D eigenvalue weighted by molar-refractivity contribution is 7.10. The number of para-hydroxylation sites is 1. The van der Waals surface area contributed by atoms with E-state index in [1.165, 1.54) is 29.3 Å². The fraction of sp³-hybridized carbons (Fsp3) is 0.286. The van der Waals surface area contributed by atoms with Gasteiger partial charge in [-0.1, -0.05) is 12.1 Å². The molecule has 1 nitrogen and oxygen atoms in total. The van der Waals surface area contributed by atoms with Gasteiger partial charge in [0, 0.05) is 4.88 Å². The SMILES string of the molecule is Fc1ccccc1NC1CCCc2sccc21. The normalized spacial score (nSPS) is 18.8. The summed E-state index contributed by atoms with van der Waals surface area (Å²) in [5, 5.41) is 5.45. The second-order valence-corrected chi connectivity index (χ2v) is 5.37. The van der Waals surface area contributed by atoms with Gasteiger partial charge in [0.2, 0.25) is 0 Å². The Balaban J connectivity index is 1.86. The number of fused-ring (bicyclic) bond motifs is 1. The summed E-state index contributed by atoms with van der Waals surface area (Å²) < 4.78 is 13.6. The van der Waals surface area contributed by atoms with Crippen molar-refractivity contribution >= 4 is 17.0 Å². The number of rotatable bonds is 2. The van der Waals surface area contributed by atoms with E-state index in [0.29, 0.717) is 5.69 Å². The van der Waals surface area contributed by atoms with Crippen molar-refractivity contribution in [2.75, 3.05) is 5.32 Å². The van der Waals surface area contributed by atoms with E-state index in [1.807, 2.05) is 17.4 Å². The quantitative estimate of drug-likeness (QED) is 0.830. The summed E-state index contributed by atoms with van der Waals surface area (Å²) in [5.41, 5.74) is 1.96. The molecule has 1 N–H and O–H groups in total. The number of halogens is 1. The molecule has 0 aliphatic heterocycles. The number of aryl methyl sites for hydroxylation is 1. The largest absolute Gasteiger partial charge is 0.376 e. The first kappa shape index (κ1) is 10.8. The van der Waals surface area contributed by atoms with Crippen LogP contribution in [-0.2, 0) is 6.42 Å². The Hall–Kier alpha value is -1.35. The fourth-order valence-corrected chi connectivity index (χ4v) is 3.39. The molecule has 2 aromatic rings. The molecule has 1 aromatic heterocycles. The lowest BCUT2D eigenvalue weighted by atomic mass is 9.94. The number of anilines is 1. The maximum Gasteiger partial charge on any atom is 0.146 e. The summed E-state index contributed by atoms with van der Waals surface area (Å²) in [6.45, 7) is 0. The van der Waals surface area contributed by atoms with E-state index < -0.39 is 0 Å². The number of nitrogens with one attached hydrogen (secondary N) is 1. The number of thiophene rings is 1. The van der Waals surface area contributed by atoms with Crippen LogP contribution in [0.25, 0.3) is 0 Å². The highest BCUT2D eigenvalue weighted by Crippen LogP contribution is 2.35. The summed E-state index contributed by atoms with van der Waals surface area (Å²) in [4.78, 5) is 1.45. The van der Waals surface area contributed by atoms with Gasteiger partial charge in [0.25, 0.3) is 0 Å². The third-order valence-corrected chi connectivity index (χ3v) is 4.25. The Morgan fingerprint density at radius 3 is 3.00 bits per heavy atom. The molecule has 1 aromatic carbocycles. The van der Waals surface area contributed by atoms with E-state index >= 15 is 0 Å². The van der Waals surface area contributed by atoms with Crippen molar-refractivity contribution in [1.29, 1.82) is 0 Å². The third-order valence-electron chi connectivity index (χ3n) is 3.26. The van der Waals surface area contributed by atoms with Crippen molar-refractivity contribution < 1.29 is 4.39 Å². The third kappa shape index (κ3) is 2.07. The number of hydrogen-bond acceptors (Lipinski definition) is 2. The van der Waals surface area contributed by atoms with Crippen LogP contribution in [0.1, 0.15) is 29.3 Å². The molecule has 3 rings (SSSR count). The topological polar surface area (TPSA) is 12.0 Å². The van der Waals surface area contributed by atoms with E-state index in [9.17, 15) is 4.39 Å². The van der Waals surface area contributed by atoms with Crippen LogP contribution in [0.2, 0.25) is 0 Å². The first-order valence-corrected chi connectivity index (χ1v) is 6.80. The molecule has 0 saturated carbocycles. The summed E-state index contributed by atoms with van der Waals surface area (Å²) >= 11 is 1.81. The molecule has 0 fully saturated rings. The van der Waals surface area contributed by atoms with Crippen LogP contribution in [0.4, 0.5) is 10.1 Å². The fourth-order valence-electron chi connectivity index (χ4n) is 2.40. The van der Waals surface area contributed by atoms with Gasteiger partial charge in [0.05, 0.1) is 11.7 Å². The molecule has 1 heterocycles. The zero-order chi connectivity index (χ0) is 11.7. The van der Waals surface area contributed by atoms with Crippen LogP contribution >= 0.6 is 11.3 Å². The van der Waals surface area contributed by atoms with Gasteiger partial charge in [-0.3, -0.25) is 0 Å². The van der Waals surface area contributed by atoms with Crippen molar-refractivity contribution in [2.24, 2.45) is 0 Å². The molecule has 1 atom stereocenters. The summed E-state index contributed by atoms with van der Waals surface area (Å²) in [6, 6.07) is 9.31. The Bertz CT molecular complexity index is 520. The predicted octanol–water partition coefficient (Wildman–Crippen LogP) is 4.38. The molecule has 1 unspecified atom stereocenters. The molecular weight excluding hydrogens is 233 g/mol. The van der Waals surface area contributed by atoms with E-state index in [4.69, 9.17) is 0 Å². The maximum absolute atomic E-state index is 13.6. The summed E-state index contributed by atoms with van der Waals surface area (Å²) in [7, 11) is 0. The summed E-state index contributed by atoms with van der Waals surface area (Å²) in [5.74, 6) is -0.171. The van der Waals surface area contributed by atoms with E-state index in [2.05, 4.69) is 16.8 Å². The van der Waals surface area contributed by atoms with Crippen LogP contribution in [-0.4, -0.2) is 0 Å². The van der Waals surface area contributed by atoms with Gasteiger partial charge < -0.3 is 5.32 Å². The average Bonchev–Trinajstić information content (AvgIpc) is 2.81. The van der Waals surface area contributed by atoms with E-state index in [0.717, 1.165) is 6.42 Å². The van der Waals surface area contributed by atoms with Gasteiger partial charge in [0.1, 0.15) is 5.82 Å². The minimum Gasteiger partial charge on any atom is -0.376 e. The van der Waals surface area contributed by atoms with E-state index in [-0.39, 0.29) is 11.9 Å². The van der Waals surface area contributed by atoms with Crippen LogP contribution < -0.4 is 5.32 Å². The monoisotopic (exact) mass is 247 g/mol. The molecule has 3 heteroatoms. The average molecular weight is 247 g/mol. The second-order valence-electron chi connectivity index (χ2n) is 4.37. The predicted molar refractivity (Wildman–Crippen MR) is 70.0 cm³/mol. The Labute approximate surface area is 104 Å². The van der Waals surface area contributed by atoms with Crippen molar-refractivity contribution in [3.8, 4) is 0 Å². The van der Waals surface area contributed by atoms with Crippen LogP contribution in [0.15, 0.2) is 35.7 Å². The molecule has 1 aliphatic carbocycles. The minimum absolute atomic E-state index is 0.171. The standard InChI is InChI=1S/C14H14FNS/c15-11-4-1-2-5-13(11)16-12-6-3-7-14-10(12)8-9-17-14/h1-2,4-5,8-9,12,16H,3,6-7H2. The lowest BCUT2D eigenvalue weighted by molar-refractivity contribution is 0.592. The van der Waals surface area contributed by atoms with Crippen molar-refractivity contribution in [1.82, 2.24) is 0 Å². The molecule has 0 bridgehead atoms. The molecule has 0 saturated heterocycles. The van der Waals surface area contributed by atoms with Crippen LogP contribution in [0.3, 0.4) is 0 Å². The number of benzene rings is 1. The van der Waals surface area contributed by atoms with Gasteiger partial charge in [-0.25, -0.2) is 4.39 Å². The van der Waals surface area contributed by atoms with Crippen molar-refractivity contribution in [3.05, 3.63) is 52.0 Å². The highest BCUT2D eigenvalue weighted by atomic mass is 32.1. The zero-order valence-corrected chi connectivity index (χ0v) is 10.3. The summed E-state index contributed by atoms with van der Waals surface area (Å²) in [6.07, 6.45) is 3.43. The smallest absolute Gasteiger partial charge is 0.146 e. The molecule has 1 aliphatic rings. The lowest BCUT2D eigenvalue weighted by Gasteiger charge is -2.24. The lowest BCUT2D eigenvalue weighted by Crippen LogP contribution is -2.16. The van der Waals surface area contributed by atoms with Crippen LogP contribution in [0.5, 0.6) is 0 Å². The van der Waals surface area contributed by atoms with Gasteiger partial charge in [-0.2, -0.15) is 0 Å². The van der Waals surface area contributed by atoms with Gasteiger partial charge in [0.15, 0.2) is 0 Å². The molecule has 0 spiro atoms. The van der Waals surface area contributed by atoms with Gasteiger partial charge in [-0.15, -0.1) is 11.3 Å². The zero-order valence-electron chi connectivity index (χ0n) is 9.45. The van der Waals surface area contributed by atoms with Crippen LogP contribution in [0, 0.1) is 5.82 Å². The molecule has 0 amide bonds. The molecular formula is C14H14FNS. The minimum atomic E-state index is -0.171. The first-order valence-electron chi connectivity index (χ1n) is 5.92. The highest BCUT2D eigenvalue weighted by Gasteiger charge is 2.21. The maximum atomic E-state index is 13.6. The molecule has 17 heavy (non-hydrogen) atoms. The Kier molecular flexibility index (Phi) is 2.85. The Morgan fingerprint density at radius 2 is 2.12 bits per heavy atom. The molecule has 88 valence electrons. The van der Waals surface area contributed by atoms with Crippen molar-refractivity contribution in [3.63, 3.8) is 0 Å². The number of hydrogen-bond donors (Lipinski definition) is 1. The van der Waals surface area contributed by atoms with Gasteiger partial charge in [-0.05, 0) is 48.4 Å². The van der Waals surface area contributed by atoms with Crippen molar-refractivity contribution in [2.45, 2.75) is 25.3 Å². The first-order chi connectivity index (χ1) is 8.34. The molecule has 0 radical (unpaired) electrons. The van der Waals surface area contributed by atoms with E-state index in [1.54, 1.807) is 12.1 Å².